The minimum Gasteiger partial charge on any atom is -0.480 e. The summed E-state index contributed by atoms with van der Waals surface area (Å²) in [5, 5.41) is 11.5. The van der Waals surface area contributed by atoms with Crippen molar-refractivity contribution in [3.05, 3.63) is 0 Å². The van der Waals surface area contributed by atoms with Gasteiger partial charge in [-0.25, -0.2) is 4.79 Å². The number of amides is 2. The Morgan fingerprint density at radius 1 is 1.53 bits per heavy atom. The Bertz CT molecular complexity index is 251. The highest BCUT2D eigenvalue weighted by Crippen LogP contribution is 2.19. The van der Waals surface area contributed by atoms with Crippen LogP contribution >= 0.6 is 0 Å². The first-order valence-electron chi connectivity index (χ1n) is 5.33. The van der Waals surface area contributed by atoms with Crippen molar-refractivity contribution in [1.82, 2.24) is 10.2 Å². The van der Waals surface area contributed by atoms with Crippen molar-refractivity contribution in [3.63, 3.8) is 0 Å². The molecule has 1 aliphatic carbocycles. The van der Waals surface area contributed by atoms with Crippen LogP contribution < -0.4 is 5.32 Å². The quantitative estimate of drug-likeness (QED) is 0.718. The number of hydrogen-bond donors (Lipinski definition) is 2. The third-order valence-electron chi connectivity index (χ3n) is 2.59. The van der Waals surface area contributed by atoms with Crippen LogP contribution in [0.15, 0.2) is 0 Å². The molecule has 1 unspecified atom stereocenters. The van der Waals surface area contributed by atoms with E-state index in [-0.39, 0.29) is 24.7 Å². The van der Waals surface area contributed by atoms with Crippen LogP contribution in [0.5, 0.6) is 0 Å². The average Bonchev–Trinajstić information content (AvgIpc) is 2.96. The molecule has 0 bridgehead atoms. The maximum Gasteiger partial charge on any atom is 0.323 e. The highest BCUT2D eigenvalue weighted by Gasteiger charge is 2.28. The van der Waals surface area contributed by atoms with E-state index >= 15 is 0 Å². The smallest absolute Gasteiger partial charge is 0.323 e. The minimum atomic E-state index is -0.971. The molecule has 1 saturated carbocycles. The van der Waals surface area contributed by atoms with Crippen molar-refractivity contribution >= 4 is 12.0 Å². The number of hydrogen-bond acceptors (Lipinski definition) is 2. The molecule has 2 amide bonds. The van der Waals surface area contributed by atoms with Gasteiger partial charge in [0.05, 0.1) is 0 Å². The summed E-state index contributed by atoms with van der Waals surface area (Å²) in [6.07, 6.45) is 2.77. The first-order chi connectivity index (χ1) is 7.04. The van der Waals surface area contributed by atoms with Gasteiger partial charge >= 0.3 is 12.0 Å². The van der Waals surface area contributed by atoms with Gasteiger partial charge in [0.15, 0.2) is 0 Å². The Kier molecular flexibility index (Phi) is 3.94. The van der Waals surface area contributed by atoms with Crippen molar-refractivity contribution in [2.45, 2.75) is 45.2 Å². The summed E-state index contributed by atoms with van der Waals surface area (Å²) < 4.78 is 0. The Balaban J connectivity index is 2.52. The van der Waals surface area contributed by atoms with Crippen LogP contribution in [-0.2, 0) is 4.79 Å². The molecular formula is C10H18N2O3. The van der Waals surface area contributed by atoms with Crippen LogP contribution in [-0.4, -0.2) is 40.6 Å². The van der Waals surface area contributed by atoms with Gasteiger partial charge in [-0.15, -0.1) is 0 Å². The van der Waals surface area contributed by atoms with Crippen LogP contribution in [0.1, 0.15) is 33.1 Å². The van der Waals surface area contributed by atoms with E-state index in [1.807, 2.05) is 13.8 Å². The largest absolute Gasteiger partial charge is 0.480 e. The molecule has 86 valence electrons. The standard InChI is InChI=1S/C10H18N2O3/c1-3-7(2)12(6-9(13)14)10(15)11-8-4-5-8/h7-8H,3-6H2,1-2H3,(H,11,15)(H,13,14). The lowest BCUT2D eigenvalue weighted by molar-refractivity contribution is -0.138. The molecule has 1 atom stereocenters. The normalized spacial score (nSPS) is 16.9. The second-order valence-corrected chi connectivity index (χ2v) is 4.00. The van der Waals surface area contributed by atoms with Crippen LogP contribution in [0.2, 0.25) is 0 Å². The summed E-state index contributed by atoms with van der Waals surface area (Å²) in [7, 11) is 0. The summed E-state index contributed by atoms with van der Waals surface area (Å²) in [4.78, 5) is 23.7. The molecule has 1 aliphatic rings. The Morgan fingerprint density at radius 2 is 2.13 bits per heavy atom. The Hall–Kier alpha value is -1.26. The maximum absolute atomic E-state index is 11.7. The number of carboxylic acids is 1. The predicted octanol–water partition coefficient (Wildman–Crippen LogP) is 1.04. The summed E-state index contributed by atoms with van der Waals surface area (Å²) in [6, 6.07) is -0.0352. The van der Waals surface area contributed by atoms with E-state index in [2.05, 4.69) is 5.32 Å². The Morgan fingerprint density at radius 3 is 2.53 bits per heavy atom. The van der Waals surface area contributed by atoms with Gasteiger partial charge in [-0.1, -0.05) is 6.92 Å². The van der Waals surface area contributed by atoms with E-state index in [0.717, 1.165) is 19.3 Å². The molecule has 0 aliphatic heterocycles. The monoisotopic (exact) mass is 214 g/mol. The summed E-state index contributed by atoms with van der Waals surface area (Å²) in [5.41, 5.74) is 0. The van der Waals surface area contributed by atoms with Gasteiger partial charge in [0.1, 0.15) is 6.54 Å². The highest BCUT2D eigenvalue weighted by molar-refractivity contribution is 5.80. The zero-order valence-corrected chi connectivity index (χ0v) is 9.19. The number of carbonyl (C=O) groups is 2. The van der Waals surface area contributed by atoms with E-state index in [0.29, 0.717) is 0 Å². The molecule has 15 heavy (non-hydrogen) atoms. The molecule has 0 spiro atoms. The lowest BCUT2D eigenvalue weighted by Crippen LogP contribution is -2.47. The van der Waals surface area contributed by atoms with Crippen molar-refractivity contribution in [1.29, 1.82) is 0 Å². The SMILES string of the molecule is CCC(C)N(CC(=O)O)C(=O)NC1CC1. The molecule has 1 fully saturated rings. The van der Waals surface area contributed by atoms with Crippen molar-refractivity contribution in [3.8, 4) is 0 Å². The van der Waals surface area contributed by atoms with Gasteiger partial charge in [-0.05, 0) is 26.2 Å². The highest BCUT2D eigenvalue weighted by atomic mass is 16.4. The first kappa shape index (κ1) is 11.8. The predicted molar refractivity (Wildman–Crippen MR) is 55.6 cm³/mol. The summed E-state index contributed by atoms with van der Waals surface area (Å²) in [6.45, 7) is 3.56. The van der Waals surface area contributed by atoms with Crippen molar-refractivity contribution in [2.24, 2.45) is 0 Å². The number of rotatable bonds is 5. The number of urea groups is 1. The van der Waals surface area contributed by atoms with E-state index in [1.54, 1.807) is 0 Å². The van der Waals surface area contributed by atoms with Crippen molar-refractivity contribution < 1.29 is 14.7 Å². The zero-order valence-electron chi connectivity index (χ0n) is 9.19. The molecule has 1 rings (SSSR count). The minimum absolute atomic E-state index is 0.0418. The number of aliphatic carboxylic acids is 1. The third-order valence-corrected chi connectivity index (χ3v) is 2.59. The molecule has 0 aromatic heterocycles. The number of nitrogens with zero attached hydrogens (tertiary/aromatic N) is 1. The molecule has 0 aromatic carbocycles. The van der Waals surface area contributed by atoms with E-state index in [4.69, 9.17) is 5.11 Å². The van der Waals surface area contributed by atoms with Gasteiger partial charge in [0.2, 0.25) is 0 Å². The molecule has 0 heterocycles. The fourth-order valence-electron chi connectivity index (χ4n) is 1.28. The lowest BCUT2D eigenvalue weighted by Gasteiger charge is -2.27. The third kappa shape index (κ3) is 3.77. The topological polar surface area (TPSA) is 69.6 Å². The Labute approximate surface area is 89.4 Å². The maximum atomic E-state index is 11.7. The molecule has 0 saturated heterocycles. The molecule has 5 nitrogen and oxygen atoms in total. The van der Waals surface area contributed by atoms with Crippen molar-refractivity contribution in [2.75, 3.05) is 6.54 Å². The number of nitrogens with one attached hydrogen (secondary N) is 1. The zero-order chi connectivity index (χ0) is 11.4. The number of carboxylic acid groups (broad SMARTS) is 1. The second-order valence-electron chi connectivity index (χ2n) is 4.00. The molecule has 2 N–H and O–H groups in total. The molecule has 0 aromatic rings. The van der Waals surface area contributed by atoms with E-state index < -0.39 is 5.97 Å². The second kappa shape index (κ2) is 5.00. The molecule has 0 radical (unpaired) electrons. The summed E-state index contributed by atoms with van der Waals surface area (Å²) in [5.74, 6) is -0.971. The van der Waals surface area contributed by atoms with Crippen LogP contribution in [0.25, 0.3) is 0 Å². The molecule has 5 heteroatoms. The van der Waals surface area contributed by atoms with Crippen LogP contribution in [0.3, 0.4) is 0 Å². The van der Waals surface area contributed by atoms with Gasteiger partial charge in [-0.3, -0.25) is 4.79 Å². The first-order valence-corrected chi connectivity index (χ1v) is 5.33. The lowest BCUT2D eigenvalue weighted by atomic mass is 10.2. The fraction of sp³-hybridized carbons (Fsp3) is 0.800. The van der Waals surface area contributed by atoms with Gasteiger partial charge in [-0.2, -0.15) is 0 Å². The van der Waals surface area contributed by atoms with Gasteiger partial charge < -0.3 is 15.3 Å². The average molecular weight is 214 g/mol. The van der Waals surface area contributed by atoms with E-state index in [9.17, 15) is 9.59 Å². The van der Waals surface area contributed by atoms with Gasteiger partial charge in [0.25, 0.3) is 0 Å². The van der Waals surface area contributed by atoms with Gasteiger partial charge in [0, 0.05) is 12.1 Å². The number of carbonyl (C=O) groups excluding carboxylic acids is 1. The van der Waals surface area contributed by atoms with Crippen LogP contribution in [0, 0.1) is 0 Å². The van der Waals surface area contributed by atoms with Crippen LogP contribution in [0.4, 0.5) is 4.79 Å². The summed E-state index contributed by atoms with van der Waals surface area (Å²) >= 11 is 0. The molecular weight excluding hydrogens is 196 g/mol. The van der Waals surface area contributed by atoms with E-state index in [1.165, 1.54) is 4.90 Å². The fourth-order valence-corrected chi connectivity index (χ4v) is 1.28.